The molecule has 4 heteroatoms. The number of nitrogens with zero attached hydrogens (tertiary/aromatic N) is 2. The van der Waals surface area contributed by atoms with E-state index in [0.29, 0.717) is 22.8 Å². The topological polar surface area (TPSA) is 32.7 Å². The molecule has 0 spiro atoms. The zero-order chi connectivity index (χ0) is 24.4. The van der Waals surface area contributed by atoms with E-state index < -0.39 is 0 Å². The molecule has 2 aliphatic heterocycles. The third kappa shape index (κ3) is 3.74. The van der Waals surface area contributed by atoms with Crippen LogP contribution < -0.4 is 0 Å². The van der Waals surface area contributed by atoms with Gasteiger partial charge in [0, 0.05) is 44.3 Å². The molecule has 0 radical (unpaired) electrons. The van der Waals surface area contributed by atoms with Gasteiger partial charge in [-0.25, -0.2) is 0 Å². The number of morpholine rings is 1. The van der Waals surface area contributed by atoms with Gasteiger partial charge >= 0.3 is 0 Å². The summed E-state index contributed by atoms with van der Waals surface area (Å²) < 4.78 is 7.01. The first-order valence-electron chi connectivity index (χ1n) is 15.3. The normalized spacial score (nSPS) is 51.9. The summed E-state index contributed by atoms with van der Waals surface area (Å²) in [5.74, 6) is 4.19. The quantitative estimate of drug-likeness (QED) is 0.444. The first kappa shape index (κ1) is 24.9. The number of rotatable bonds is 4. The van der Waals surface area contributed by atoms with Crippen LogP contribution in [0.5, 0.6) is 0 Å². The number of aliphatic hydroxyl groups excluding tert-OH is 1. The Balaban J connectivity index is 1.26. The standard InChI is InChI=1S/C31H53N2O2/c1-5-14-33(15-6-7-16-33)28-20-26-24-9-8-23-19-29(34)27(32-12-17-35-18-13-32)21-31(23,4)25(24)10-11-30(26,3)22(28)2/h5,22-29,34H,1,6-21H2,2-4H3/q+1/t22-,23?,24?,25?,26?,27-,28-,29?,30+,31-/m0/s1. The lowest BCUT2D eigenvalue weighted by Crippen LogP contribution is -2.60. The molecule has 2 heterocycles. The van der Waals surface area contributed by atoms with Crippen LogP contribution in [0.15, 0.2) is 12.7 Å². The van der Waals surface area contributed by atoms with Gasteiger partial charge in [0.25, 0.3) is 0 Å². The van der Waals surface area contributed by atoms with Gasteiger partial charge in [0.1, 0.15) is 0 Å². The Labute approximate surface area is 215 Å². The lowest BCUT2D eigenvalue weighted by atomic mass is 9.44. The molecule has 1 N–H and O–H groups in total. The molecule has 6 fully saturated rings. The van der Waals surface area contributed by atoms with E-state index in [1.54, 1.807) is 0 Å². The van der Waals surface area contributed by atoms with E-state index in [4.69, 9.17) is 4.74 Å². The van der Waals surface area contributed by atoms with Crippen molar-refractivity contribution in [3.63, 3.8) is 0 Å². The Morgan fingerprint density at radius 3 is 2.49 bits per heavy atom. The van der Waals surface area contributed by atoms with E-state index in [2.05, 4.69) is 38.3 Å². The van der Waals surface area contributed by atoms with Crippen molar-refractivity contribution in [1.82, 2.24) is 4.90 Å². The second-order valence-corrected chi connectivity index (χ2v) is 14.4. The fraction of sp³-hybridized carbons (Fsp3) is 0.935. The second kappa shape index (κ2) is 9.10. The summed E-state index contributed by atoms with van der Waals surface area (Å²) in [5, 5.41) is 11.2. The molecule has 10 atom stereocenters. The number of hydrogen-bond donors (Lipinski definition) is 1. The van der Waals surface area contributed by atoms with Crippen LogP contribution in [0.3, 0.4) is 0 Å². The number of quaternary nitrogens is 1. The molecule has 4 aliphatic carbocycles. The average Bonchev–Trinajstić information content (AvgIpc) is 3.43. The lowest BCUT2D eigenvalue weighted by molar-refractivity contribution is -0.938. The van der Waals surface area contributed by atoms with Crippen LogP contribution >= 0.6 is 0 Å². The van der Waals surface area contributed by atoms with Gasteiger partial charge in [0.15, 0.2) is 0 Å². The van der Waals surface area contributed by atoms with Crippen LogP contribution in [0.1, 0.15) is 78.6 Å². The summed E-state index contributed by atoms with van der Waals surface area (Å²) in [6.45, 7) is 19.8. The highest BCUT2D eigenvalue weighted by Gasteiger charge is 2.65. The Bertz CT molecular complexity index is 789. The zero-order valence-corrected chi connectivity index (χ0v) is 23.0. The van der Waals surface area contributed by atoms with Crippen molar-refractivity contribution in [3.8, 4) is 0 Å². The van der Waals surface area contributed by atoms with Crippen LogP contribution in [0.4, 0.5) is 0 Å². The predicted molar refractivity (Wildman–Crippen MR) is 142 cm³/mol. The minimum absolute atomic E-state index is 0.147. The Hall–Kier alpha value is -0.420. The highest BCUT2D eigenvalue weighted by molar-refractivity contribution is 5.12. The van der Waals surface area contributed by atoms with Gasteiger partial charge in [-0.3, -0.25) is 4.90 Å². The van der Waals surface area contributed by atoms with Gasteiger partial charge in [-0.1, -0.05) is 27.4 Å². The van der Waals surface area contributed by atoms with Crippen molar-refractivity contribution in [2.45, 2.75) is 96.7 Å². The third-order valence-corrected chi connectivity index (χ3v) is 13.4. The number of aliphatic hydroxyl groups is 1. The largest absolute Gasteiger partial charge is 0.391 e. The molecule has 4 saturated carbocycles. The van der Waals surface area contributed by atoms with Crippen molar-refractivity contribution in [2.75, 3.05) is 45.9 Å². The van der Waals surface area contributed by atoms with Crippen LogP contribution in [0, 0.1) is 40.4 Å². The highest BCUT2D eigenvalue weighted by atomic mass is 16.5. The van der Waals surface area contributed by atoms with Crippen molar-refractivity contribution in [1.29, 1.82) is 0 Å². The van der Waals surface area contributed by atoms with E-state index in [0.717, 1.165) is 62.4 Å². The van der Waals surface area contributed by atoms with E-state index in [-0.39, 0.29) is 6.10 Å². The Morgan fingerprint density at radius 1 is 1.03 bits per heavy atom. The van der Waals surface area contributed by atoms with Crippen molar-refractivity contribution in [3.05, 3.63) is 12.7 Å². The van der Waals surface area contributed by atoms with E-state index in [9.17, 15) is 5.11 Å². The fourth-order valence-electron chi connectivity index (χ4n) is 11.4. The summed E-state index contributed by atoms with van der Waals surface area (Å²) in [7, 11) is 0. The van der Waals surface area contributed by atoms with Crippen LogP contribution in [-0.2, 0) is 4.74 Å². The van der Waals surface area contributed by atoms with E-state index in [1.807, 2.05) is 0 Å². The van der Waals surface area contributed by atoms with Gasteiger partial charge in [-0.05, 0) is 79.1 Å². The number of fused-ring (bicyclic) bond motifs is 5. The van der Waals surface area contributed by atoms with E-state index >= 15 is 0 Å². The summed E-state index contributed by atoms with van der Waals surface area (Å²) in [4.78, 5) is 2.58. The first-order chi connectivity index (χ1) is 16.8. The van der Waals surface area contributed by atoms with Crippen molar-refractivity contribution < 1.29 is 14.3 Å². The minimum Gasteiger partial charge on any atom is -0.391 e. The van der Waals surface area contributed by atoms with Gasteiger partial charge in [0.05, 0.1) is 45.0 Å². The lowest BCUT2D eigenvalue weighted by Gasteiger charge is -2.62. The maximum absolute atomic E-state index is 11.2. The first-order valence-corrected chi connectivity index (χ1v) is 15.3. The third-order valence-electron chi connectivity index (χ3n) is 13.4. The van der Waals surface area contributed by atoms with Gasteiger partial charge in [0.2, 0.25) is 0 Å². The highest BCUT2D eigenvalue weighted by Crippen LogP contribution is 2.68. The summed E-state index contributed by atoms with van der Waals surface area (Å²) >= 11 is 0. The molecule has 0 amide bonds. The minimum atomic E-state index is -0.147. The molecule has 0 bridgehead atoms. The average molecular weight is 486 g/mol. The molecule has 4 nitrogen and oxygen atoms in total. The number of likely N-dealkylation sites (tertiary alicyclic amines) is 1. The van der Waals surface area contributed by atoms with Gasteiger partial charge in [-0.2, -0.15) is 0 Å². The van der Waals surface area contributed by atoms with Gasteiger partial charge < -0.3 is 14.3 Å². The zero-order valence-electron chi connectivity index (χ0n) is 23.0. The fourth-order valence-corrected chi connectivity index (χ4v) is 11.4. The van der Waals surface area contributed by atoms with Crippen LogP contribution in [0.25, 0.3) is 0 Å². The van der Waals surface area contributed by atoms with Crippen molar-refractivity contribution >= 4 is 0 Å². The molecule has 5 unspecified atom stereocenters. The Kier molecular flexibility index (Phi) is 6.47. The molecular weight excluding hydrogens is 432 g/mol. The number of hydrogen-bond acceptors (Lipinski definition) is 3. The molecule has 2 saturated heterocycles. The molecule has 35 heavy (non-hydrogen) atoms. The second-order valence-electron chi connectivity index (χ2n) is 14.4. The summed E-state index contributed by atoms with van der Waals surface area (Å²) in [5.41, 5.74) is 0.913. The maximum Gasteiger partial charge on any atom is 0.0973 e. The molecule has 198 valence electrons. The van der Waals surface area contributed by atoms with E-state index in [1.165, 1.54) is 75.5 Å². The predicted octanol–water partition coefficient (Wildman–Crippen LogP) is 5.11. The summed E-state index contributed by atoms with van der Waals surface area (Å²) in [6.07, 6.45) is 14.2. The Morgan fingerprint density at radius 2 is 1.77 bits per heavy atom. The smallest absolute Gasteiger partial charge is 0.0973 e. The monoisotopic (exact) mass is 485 g/mol. The molecular formula is C31H53N2O2+. The maximum atomic E-state index is 11.2. The molecule has 6 aliphatic rings. The molecule has 0 aromatic heterocycles. The summed E-state index contributed by atoms with van der Waals surface area (Å²) in [6, 6.07) is 1.18. The van der Waals surface area contributed by atoms with Crippen molar-refractivity contribution in [2.24, 2.45) is 40.4 Å². The number of ether oxygens (including phenoxy) is 1. The van der Waals surface area contributed by atoms with Crippen LogP contribution in [-0.4, -0.2) is 78.6 Å². The molecule has 0 aromatic rings. The van der Waals surface area contributed by atoms with Gasteiger partial charge in [-0.15, -0.1) is 0 Å². The molecule has 6 rings (SSSR count). The SMILES string of the molecule is C=CC[N+]1([C@H]2CC3C4CCC5CC(O)[C@@H](N6CCOCC6)C[C@]5(C)C4CC[C@]3(C)[C@H]2C)CCCC1. The molecule has 0 aromatic carbocycles. The van der Waals surface area contributed by atoms with Crippen LogP contribution in [0.2, 0.25) is 0 Å².